The largest absolute Gasteiger partial charge is 0.494 e. The molecule has 1 saturated heterocycles. The molecule has 1 fully saturated rings. The zero-order valence-electron chi connectivity index (χ0n) is 25.3. The summed E-state index contributed by atoms with van der Waals surface area (Å²) in [4.78, 5) is 50.3. The van der Waals surface area contributed by atoms with E-state index in [0.29, 0.717) is 46.2 Å². The topological polar surface area (TPSA) is 138 Å². The molecular weight excluding hydrogens is 657 g/mol. The average molecular weight is 693 g/mol. The van der Waals surface area contributed by atoms with Crippen molar-refractivity contribution < 1.29 is 23.5 Å². The van der Waals surface area contributed by atoms with Gasteiger partial charge in [0, 0.05) is 22.5 Å². The quantitative estimate of drug-likeness (QED) is 0.230. The molecule has 44 heavy (non-hydrogen) atoms. The maximum absolute atomic E-state index is 14.8. The monoisotopic (exact) mass is 691 g/mol. The summed E-state index contributed by atoms with van der Waals surface area (Å²) in [6.07, 6.45) is 2.40. The number of methoxy groups -OCH3 is 1. The Labute approximate surface area is 268 Å². The molecule has 0 saturated carbocycles. The van der Waals surface area contributed by atoms with Gasteiger partial charge in [0.15, 0.2) is 5.82 Å². The molecule has 1 aromatic heterocycles. The highest BCUT2D eigenvalue weighted by Gasteiger charge is 2.42. The van der Waals surface area contributed by atoms with Gasteiger partial charge in [0.05, 0.1) is 35.1 Å². The van der Waals surface area contributed by atoms with E-state index in [1.54, 1.807) is 32.2 Å². The van der Waals surface area contributed by atoms with E-state index >= 15 is 0 Å². The summed E-state index contributed by atoms with van der Waals surface area (Å²) in [5, 5.41) is 12.0. The maximum Gasteiger partial charge on any atom is 0.247 e. The normalized spacial score (nSPS) is 16.4. The highest BCUT2D eigenvalue weighted by Crippen LogP contribution is 2.36. The van der Waals surface area contributed by atoms with Gasteiger partial charge in [-0.2, -0.15) is 0 Å². The van der Waals surface area contributed by atoms with E-state index < -0.39 is 35.3 Å². The van der Waals surface area contributed by atoms with Crippen molar-refractivity contribution in [3.8, 4) is 5.75 Å². The molecule has 236 valence electrons. The number of benzene rings is 2. The van der Waals surface area contributed by atoms with Gasteiger partial charge >= 0.3 is 0 Å². The number of aromatic nitrogens is 2. The SMILES string of the molecule is CNC(C)C(=O)NC(C(=O)N1CCCC1C(=O)Nc1cc2c(Nc3ccc(Br)c(Cl)c3F)ncnc2cc1OC)C(C)(C)C. The first-order valence-corrected chi connectivity index (χ1v) is 15.3. The minimum absolute atomic E-state index is 0.0801. The Morgan fingerprint density at radius 3 is 2.57 bits per heavy atom. The Morgan fingerprint density at radius 1 is 1.18 bits per heavy atom. The summed E-state index contributed by atoms with van der Waals surface area (Å²) in [5.74, 6) is -1.09. The van der Waals surface area contributed by atoms with Gasteiger partial charge in [0.2, 0.25) is 17.7 Å². The van der Waals surface area contributed by atoms with Crippen molar-refractivity contribution in [3.05, 3.63) is 45.9 Å². The van der Waals surface area contributed by atoms with Crippen LogP contribution in [-0.4, -0.2) is 71.4 Å². The first-order chi connectivity index (χ1) is 20.8. The number of likely N-dealkylation sites (tertiary alicyclic amines) is 1. The Balaban J connectivity index is 1.62. The lowest BCUT2D eigenvalue weighted by Crippen LogP contribution is -2.59. The molecule has 3 atom stereocenters. The van der Waals surface area contributed by atoms with Gasteiger partial charge in [0.25, 0.3) is 0 Å². The van der Waals surface area contributed by atoms with Crippen LogP contribution in [0.25, 0.3) is 10.9 Å². The second-order valence-corrected chi connectivity index (χ2v) is 12.9. The van der Waals surface area contributed by atoms with Crippen LogP contribution in [0.5, 0.6) is 5.75 Å². The van der Waals surface area contributed by atoms with E-state index in [1.807, 2.05) is 20.8 Å². The lowest BCUT2D eigenvalue weighted by molar-refractivity contribution is -0.143. The fourth-order valence-corrected chi connectivity index (χ4v) is 5.40. The summed E-state index contributed by atoms with van der Waals surface area (Å²) >= 11 is 9.27. The third-order valence-electron chi connectivity index (χ3n) is 7.57. The maximum atomic E-state index is 14.8. The number of hydrogen-bond donors (Lipinski definition) is 4. The Morgan fingerprint density at radius 2 is 1.91 bits per heavy atom. The van der Waals surface area contributed by atoms with Gasteiger partial charge in [-0.1, -0.05) is 32.4 Å². The number of amides is 3. The van der Waals surface area contributed by atoms with Gasteiger partial charge in [-0.25, -0.2) is 14.4 Å². The number of anilines is 3. The number of nitrogens with zero attached hydrogens (tertiary/aromatic N) is 3. The molecule has 11 nitrogen and oxygen atoms in total. The molecule has 1 aliphatic heterocycles. The van der Waals surface area contributed by atoms with Crippen LogP contribution in [0.3, 0.4) is 0 Å². The molecule has 0 bridgehead atoms. The van der Waals surface area contributed by atoms with E-state index in [1.165, 1.54) is 24.4 Å². The Bertz CT molecular complexity index is 1590. The third kappa shape index (κ3) is 7.05. The molecule has 0 radical (unpaired) electrons. The fraction of sp³-hybridized carbons (Fsp3) is 0.433. The Kier molecular flexibility index (Phi) is 10.3. The molecule has 2 aromatic carbocycles. The van der Waals surface area contributed by atoms with E-state index in [4.69, 9.17) is 16.3 Å². The van der Waals surface area contributed by atoms with Gasteiger partial charge in [-0.15, -0.1) is 0 Å². The van der Waals surface area contributed by atoms with Crippen molar-refractivity contribution in [1.82, 2.24) is 25.5 Å². The highest BCUT2D eigenvalue weighted by molar-refractivity contribution is 9.10. The standard InChI is InChI=1S/C30H36BrClFN7O4/c1-15(34-5)27(41)39-25(30(2,3)4)29(43)40-11-7-8-21(40)28(42)38-20-12-16-19(13-22(20)44-6)35-14-36-26(16)37-18-10-9-17(31)23(32)24(18)33/h9-10,12-15,21,25,34H,7-8,11H2,1-6H3,(H,38,42)(H,39,41)(H,35,36,37). The number of carbonyl (C=O) groups is 3. The second-order valence-electron chi connectivity index (χ2n) is 11.6. The smallest absolute Gasteiger partial charge is 0.247 e. The van der Waals surface area contributed by atoms with Gasteiger partial charge in [0.1, 0.15) is 30.0 Å². The van der Waals surface area contributed by atoms with Gasteiger partial charge < -0.3 is 30.9 Å². The van der Waals surface area contributed by atoms with Crippen LogP contribution >= 0.6 is 27.5 Å². The third-order valence-corrected chi connectivity index (χ3v) is 8.83. The van der Waals surface area contributed by atoms with E-state index in [9.17, 15) is 18.8 Å². The zero-order valence-corrected chi connectivity index (χ0v) is 27.7. The predicted molar refractivity (Wildman–Crippen MR) is 172 cm³/mol. The lowest BCUT2D eigenvalue weighted by Gasteiger charge is -2.36. The van der Waals surface area contributed by atoms with Crippen molar-refractivity contribution in [1.29, 1.82) is 0 Å². The zero-order chi connectivity index (χ0) is 32.3. The molecule has 4 rings (SSSR count). The fourth-order valence-electron chi connectivity index (χ4n) is 4.93. The molecule has 1 aliphatic rings. The van der Waals surface area contributed by atoms with Crippen LogP contribution in [0.4, 0.5) is 21.6 Å². The molecule has 2 heterocycles. The van der Waals surface area contributed by atoms with Crippen LogP contribution < -0.4 is 26.0 Å². The van der Waals surface area contributed by atoms with E-state index in [-0.39, 0.29) is 28.3 Å². The summed E-state index contributed by atoms with van der Waals surface area (Å²) in [6.45, 7) is 7.68. The average Bonchev–Trinajstić information content (AvgIpc) is 3.49. The van der Waals surface area contributed by atoms with E-state index in [0.717, 1.165) is 0 Å². The van der Waals surface area contributed by atoms with Crippen LogP contribution in [0.15, 0.2) is 35.1 Å². The van der Waals surface area contributed by atoms with E-state index in [2.05, 4.69) is 47.2 Å². The summed E-state index contributed by atoms with van der Waals surface area (Å²) in [7, 11) is 3.13. The first kappa shape index (κ1) is 33.3. The van der Waals surface area contributed by atoms with Crippen molar-refractivity contribution in [3.63, 3.8) is 0 Å². The first-order valence-electron chi connectivity index (χ1n) is 14.1. The van der Waals surface area contributed by atoms with Crippen LogP contribution in [0.1, 0.15) is 40.5 Å². The van der Waals surface area contributed by atoms with Crippen LogP contribution in [-0.2, 0) is 14.4 Å². The van der Waals surface area contributed by atoms with Crippen molar-refractivity contribution in [2.45, 2.75) is 58.7 Å². The molecule has 3 aromatic rings. The summed E-state index contributed by atoms with van der Waals surface area (Å²) < 4.78 is 20.8. The number of nitrogens with one attached hydrogen (secondary N) is 4. The minimum atomic E-state index is -0.840. The summed E-state index contributed by atoms with van der Waals surface area (Å²) in [5.41, 5.74) is 0.301. The highest BCUT2D eigenvalue weighted by atomic mass is 79.9. The second kappa shape index (κ2) is 13.6. The number of hydrogen-bond acceptors (Lipinski definition) is 8. The van der Waals surface area contributed by atoms with Crippen molar-refractivity contribution >= 4 is 73.3 Å². The number of rotatable bonds is 9. The van der Waals surface area contributed by atoms with Crippen LogP contribution in [0, 0.1) is 11.2 Å². The van der Waals surface area contributed by atoms with Crippen LogP contribution in [0.2, 0.25) is 5.02 Å². The molecule has 14 heteroatoms. The molecule has 0 spiro atoms. The number of carbonyl (C=O) groups excluding carboxylic acids is 3. The van der Waals surface area contributed by atoms with Gasteiger partial charge in [-0.3, -0.25) is 14.4 Å². The summed E-state index contributed by atoms with van der Waals surface area (Å²) in [6, 6.07) is 4.29. The van der Waals surface area contributed by atoms with Crippen molar-refractivity contribution in [2.75, 3.05) is 31.3 Å². The predicted octanol–water partition coefficient (Wildman–Crippen LogP) is 5.01. The molecular formula is C30H36BrClFN7O4. The number of fused-ring (bicyclic) bond motifs is 1. The van der Waals surface area contributed by atoms with Gasteiger partial charge in [-0.05, 0) is 66.4 Å². The van der Waals surface area contributed by atoms with Crippen molar-refractivity contribution in [2.24, 2.45) is 5.41 Å². The lowest BCUT2D eigenvalue weighted by atomic mass is 9.85. The molecule has 3 unspecified atom stereocenters. The number of likely N-dealkylation sites (N-methyl/N-ethyl adjacent to an activating group) is 1. The molecule has 4 N–H and O–H groups in total. The number of halogens is 3. The molecule has 3 amide bonds. The number of ether oxygens (including phenoxy) is 1. The molecule has 0 aliphatic carbocycles. The Hall–Kier alpha value is -3.55. The minimum Gasteiger partial charge on any atom is -0.494 e.